The maximum Gasteiger partial charge on any atom is 0.317 e. The zero-order chi connectivity index (χ0) is 10.6. The van der Waals surface area contributed by atoms with Gasteiger partial charge >= 0.3 is 12.0 Å². The fourth-order valence-corrected chi connectivity index (χ4v) is 1.20. The number of nitrogens with one attached hydrogen (secondary N) is 1. The second-order valence-electron chi connectivity index (χ2n) is 3.64. The molecule has 0 unspecified atom stereocenters. The van der Waals surface area contributed by atoms with Crippen LogP contribution in [-0.4, -0.2) is 41.6 Å². The van der Waals surface area contributed by atoms with Crippen LogP contribution < -0.4 is 5.32 Å². The molecule has 1 aliphatic rings. The normalized spacial score (nSPS) is 15.8. The van der Waals surface area contributed by atoms with Gasteiger partial charge in [0.05, 0.1) is 6.42 Å². The molecule has 0 aromatic heterocycles. The van der Waals surface area contributed by atoms with Crippen molar-refractivity contribution in [2.45, 2.75) is 31.7 Å². The van der Waals surface area contributed by atoms with E-state index in [1.807, 2.05) is 0 Å². The van der Waals surface area contributed by atoms with Crippen LogP contribution in [0.5, 0.6) is 0 Å². The van der Waals surface area contributed by atoms with Gasteiger partial charge in [0.2, 0.25) is 0 Å². The highest BCUT2D eigenvalue weighted by atomic mass is 16.4. The number of carboxylic acids is 1. The maximum absolute atomic E-state index is 11.4. The number of carbonyl (C=O) groups is 2. The number of hydrogen-bond acceptors (Lipinski definition) is 2. The average Bonchev–Trinajstić information content (AvgIpc) is 2.06. The van der Waals surface area contributed by atoms with Gasteiger partial charge in [0.15, 0.2) is 0 Å². The lowest BCUT2D eigenvalue weighted by Gasteiger charge is -2.28. The molecule has 0 aromatic carbocycles. The third kappa shape index (κ3) is 3.24. The van der Waals surface area contributed by atoms with E-state index >= 15 is 0 Å². The summed E-state index contributed by atoms with van der Waals surface area (Å²) in [5.41, 5.74) is 0. The SMILES string of the molecule is CN(CCC(=O)O)C(=O)NC1CCC1. The third-order valence-corrected chi connectivity index (χ3v) is 2.44. The molecule has 1 rings (SSSR count). The number of carbonyl (C=O) groups excluding carboxylic acids is 1. The molecule has 80 valence electrons. The van der Waals surface area contributed by atoms with E-state index < -0.39 is 5.97 Å². The summed E-state index contributed by atoms with van der Waals surface area (Å²) in [4.78, 5) is 23.0. The van der Waals surface area contributed by atoms with Crippen molar-refractivity contribution in [2.75, 3.05) is 13.6 Å². The van der Waals surface area contributed by atoms with E-state index in [9.17, 15) is 9.59 Å². The van der Waals surface area contributed by atoms with Crippen LogP contribution in [0.3, 0.4) is 0 Å². The first-order valence-electron chi connectivity index (χ1n) is 4.83. The number of amides is 2. The van der Waals surface area contributed by atoms with E-state index in [2.05, 4.69) is 5.32 Å². The first-order valence-corrected chi connectivity index (χ1v) is 4.83. The summed E-state index contributed by atoms with van der Waals surface area (Å²) < 4.78 is 0. The van der Waals surface area contributed by atoms with Crippen molar-refractivity contribution in [1.29, 1.82) is 0 Å². The van der Waals surface area contributed by atoms with E-state index in [1.165, 1.54) is 11.3 Å². The van der Waals surface area contributed by atoms with E-state index in [1.54, 1.807) is 7.05 Å². The Kier molecular flexibility index (Phi) is 3.73. The second kappa shape index (κ2) is 4.83. The van der Waals surface area contributed by atoms with Gasteiger partial charge in [0.1, 0.15) is 0 Å². The van der Waals surface area contributed by atoms with Crippen molar-refractivity contribution in [1.82, 2.24) is 10.2 Å². The van der Waals surface area contributed by atoms with Crippen molar-refractivity contribution in [2.24, 2.45) is 0 Å². The Balaban J connectivity index is 2.17. The molecule has 2 amide bonds. The van der Waals surface area contributed by atoms with Crippen LogP contribution >= 0.6 is 0 Å². The molecule has 14 heavy (non-hydrogen) atoms. The van der Waals surface area contributed by atoms with E-state index in [0.717, 1.165) is 12.8 Å². The number of rotatable bonds is 4. The van der Waals surface area contributed by atoms with E-state index in [4.69, 9.17) is 5.11 Å². The zero-order valence-electron chi connectivity index (χ0n) is 8.32. The number of hydrogen-bond donors (Lipinski definition) is 2. The van der Waals surface area contributed by atoms with Crippen LogP contribution in [0.25, 0.3) is 0 Å². The Labute approximate surface area is 83.1 Å². The summed E-state index contributed by atoms with van der Waals surface area (Å²) in [6.07, 6.45) is 3.25. The molecule has 0 spiro atoms. The van der Waals surface area contributed by atoms with Gasteiger partial charge in [0, 0.05) is 19.6 Å². The average molecular weight is 200 g/mol. The lowest BCUT2D eigenvalue weighted by molar-refractivity contribution is -0.137. The first kappa shape index (κ1) is 10.8. The Morgan fingerprint density at radius 1 is 1.50 bits per heavy atom. The van der Waals surface area contributed by atoms with Gasteiger partial charge < -0.3 is 15.3 Å². The summed E-state index contributed by atoms with van der Waals surface area (Å²) in [5.74, 6) is -0.881. The van der Waals surface area contributed by atoms with Gasteiger partial charge in [-0.1, -0.05) is 0 Å². The summed E-state index contributed by atoms with van der Waals surface area (Å²) in [6, 6.07) is 0.130. The smallest absolute Gasteiger partial charge is 0.317 e. The molecule has 1 aliphatic carbocycles. The molecule has 0 aromatic rings. The van der Waals surface area contributed by atoms with Gasteiger partial charge in [-0.2, -0.15) is 0 Å². The highest BCUT2D eigenvalue weighted by molar-refractivity contribution is 5.75. The van der Waals surface area contributed by atoms with E-state index in [0.29, 0.717) is 6.04 Å². The Bertz CT molecular complexity index is 226. The molecule has 0 bridgehead atoms. The fourth-order valence-electron chi connectivity index (χ4n) is 1.20. The highest BCUT2D eigenvalue weighted by Gasteiger charge is 2.21. The topological polar surface area (TPSA) is 69.6 Å². The van der Waals surface area contributed by atoms with Crippen molar-refractivity contribution in [3.8, 4) is 0 Å². The maximum atomic E-state index is 11.4. The Hall–Kier alpha value is -1.26. The number of carboxylic acid groups (broad SMARTS) is 1. The molecule has 0 heterocycles. The molecule has 1 saturated carbocycles. The van der Waals surface area contributed by atoms with Gasteiger partial charge in [-0.05, 0) is 19.3 Å². The van der Waals surface area contributed by atoms with Gasteiger partial charge in [-0.15, -0.1) is 0 Å². The standard InChI is InChI=1S/C9H16N2O3/c1-11(6-5-8(12)13)9(14)10-7-3-2-4-7/h7H,2-6H2,1H3,(H,10,14)(H,12,13). The molecule has 0 aliphatic heterocycles. The van der Waals surface area contributed by atoms with E-state index in [-0.39, 0.29) is 19.0 Å². The monoisotopic (exact) mass is 200 g/mol. The van der Waals surface area contributed by atoms with Gasteiger partial charge in [-0.3, -0.25) is 4.79 Å². The molecule has 1 fully saturated rings. The van der Waals surface area contributed by atoms with Gasteiger partial charge in [-0.25, -0.2) is 4.79 Å². The number of nitrogens with zero attached hydrogens (tertiary/aromatic N) is 1. The molecular weight excluding hydrogens is 184 g/mol. The summed E-state index contributed by atoms with van der Waals surface area (Å²) in [6.45, 7) is 0.258. The minimum absolute atomic E-state index is 0.00537. The predicted molar refractivity (Wildman–Crippen MR) is 51.1 cm³/mol. The Morgan fingerprint density at radius 3 is 2.57 bits per heavy atom. The summed E-state index contributed by atoms with van der Waals surface area (Å²) in [5, 5.41) is 11.3. The molecule has 2 N–H and O–H groups in total. The first-order chi connectivity index (χ1) is 6.59. The molecule has 5 nitrogen and oxygen atoms in total. The van der Waals surface area contributed by atoms with Crippen LogP contribution in [0.2, 0.25) is 0 Å². The largest absolute Gasteiger partial charge is 0.481 e. The molecule has 0 atom stereocenters. The molecule has 0 radical (unpaired) electrons. The van der Waals surface area contributed by atoms with Crippen LogP contribution in [0.4, 0.5) is 4.79 Å². The lowest BCUT2D eigenvalue weighted by Crippen LogP contribution is -2.46. The molecule has 0 saturated heterocycles. The Morgan fingerprint density at radius 2 is 2.14 bits per heavy atom. The lowest BCUT2D eigenvalue weighted by atomic mass is 9.93. The minimum atomic E-state index is -0.881. The van der Waals surface area contributed by atoms with Crippen LogP contribution in [0.1, 0.15) is 25.7 Å². The number of urea groups is 1. The summed E-state index contributed by atoms with van der Waals surface area (Å²) >= 11 is 0. The van der Waals surface area contributed by atoms with Crippen molar-refractivity contribution in [3.63, 3.8) is 0 Å². The number of aliphatic carboxylic acids is 1. The fraction of sp³-hybridized carbons (Fsp3) is 0.778. The van der Waals surface area contributed by atoms with Crippen LogP contribution in [0, 0.1) is 0 Å². The van der Waals surface area contributed by atoms with Crippen molar-refractivity contribution >= 4 is 12.0 Å². The quantitative estimate of drug-likeness (QED) is 0.700. The van der Waals surface area contributed by atoms with Gasteiger partial charge in [0.25, 0.3) is 0 Å². The summed E-state index contributed by atoms with van der Waals surface area (Å²) in [7, 11) is 1.61. The van der Waals surface area contributed by atoms with Crippen LogP contribution in [-0.2, 0) is 4.79 Å². The molecule has 5 heteroatoms. The third-order valence-electron chi connectivity index (χ3n) is 2.44. The second-order valence-corrected chi connectivity index (χ2v) is 3.64. The zero-order valence-corrected chi connectivity index (χ0v) is 8.32. The van der Waals surface area contributed by atoms with Crippen LogP contribution in [0.15, 0.2) is 0 Å². The minimum Gasteiger partial charge on any atom is -0.481 e. The van der Waals surface area contributed by atoms with Crippen molar-refractivity contribution < 1.29 is 14.7 Å². The molecular formula is C9H16N2O3. The predicted octanol–water partition coefficient (Wildman–Crippen LogP) is 0.655. The van der Waals surface area contributed by atoms with Crippen molar-refractivity contribution in [3.05, 3.63) is 0 Å². The highest BCUT2D eigenvalue weighted by Crippen LogP contribution is 2.17.